The molecule has 0 unspecified atom stereocenters. The SMILES string of the molecule is CCOC(=O)c1cc(CC(C)C)c[nH]1. The van der Waals surface area contributed by atoms with Crippen molar-refractivity contribution in [3.63, 3.8) is 0 Å². The summed E-state index contributed by atoms with van der Waals surface area (Å²) in [4.78, 5) is 14.2. The van der Waals surface area contributed by atoms with E-state index in [0.717, 1.165) is 12.0 Å². The average Bonchev–Trinajstić information content (AvgIpc) is 2.52. The molecule has 0 aliphatic carbocycles. The third kappa shape index (κ3) is 2.91. The highest BCUT2D eigenvalue weighted by Crippen LogP contribution is 2.10. The molecule has 1 heterocycles. The van der Waals surface area contributed by atoms with Crippen LogP contribution in [0.3, 0.4) is 0 Å². The standard InChI is InChI=1S/C11H17NO2/c1-4-14-11(13)10-6-9(7-12-10)5-8(2)3/h6-8,12H,4-5H2,1-3H3. The van der Waals surface area contributed by atoms with E-state index in [1.165, 1.54) is 0 Å². The fraction of sp³-hybridized carbons (Fsp3) is 0.545. The van der Waals surface area contributed by atoms with Gasteiger partial charge in [0.05, 0.1) is 6.61 Å². The fourth-order valence-electron chi connectivity index (χ4n) is 1.36. The molecule has 78 valence electrons. The zero-order chi connectivity index (χ0) is 10.6. The number of carbonyl (C=O) groups is 1. The highest BCUT2D eigenvalue weighted by molar-refractivity contribution is 5.87. The maximum absolute atomic E-state index is 11.3. The first-order valence-corrected chi connectivity index (χ1v) is 4.98. The summed E-state index contributed by atoms with van der Waals surface area (Å²) in [6.45, 7) is 6.52. The summed E-state index contributed by atoms with van der Waals surface area (Å²) < 4.78 is 4.88. The van der Waals surface area contributed by atoms with Gasteiger partial charge in [0.1, 0.15) is 5.69 Å². The molecular formula is C11H17NO2. The quantitative estimate of drug-likeness (QED) is 0.749. The molecule has 0 bridgehead atoms. The lowest BCUT2D eigenvalue weighted by Crippen LogP contribution is -2.04. The first kappa shape index (κ1) is 10.8. The molecule has 0 radical (unpaired) electrons. The van der Waals surface area contributed by atoms with Crippen LogP contribution >= 0.6 is 0 Å². The van der Waals surface area contributed by atoms with Crippen molar-refractivity contribution < 1.29 is 9.53 Å². The highest BCUT2D eigenvalue weighted by atomic mass is 16.5. The van der Waals surface area contributed by atoms with E-state index in [0.29, 0.717) is 18.2 Å². The third-order valence-corrected chi connectivity index (χ3v) is 1.88. The predicted octanol–water partition coefficient (Wildman–Crippen LogP) is 2.39. The van der Waals surface area contributed by atoms with E-state index in [1.54, 1.807) is 6.92 Å². The Morgan fingerprint density at radius 3 is 2.86 bits per heavy atom. The summed E-state index contributed by atoms with van der Waals surface area (Å²) in [5.41, 5.74) is 1.70. The first-order chi connectivity index (χ1) is 6.63. The molecule has 1 rings (SSSR count). The van der Waals surface area contributed by atoms with Crippen molar-refractivity contribution in [1.82, 2.24) is 4.98 Å². The summed E-state index contributed by atoms with van der Waals surface area (Å²) in [6, 6.07) is 1.86. The molecule has 0 atom stereocenters. The van der Waals surface area contributed by atoms with Crippen molar-refractivity contribution in [2.45, 2.75) is 27.2 Å². The van der Waals surface area contributed by atoms with Gasteiger partial charge in [0.25, 0.3) is 0 Å². The van der Waals surface area contributed by atoms with Gasteiger partial charge in [-0.15, -0.1) is 0 Å². The molecule has 3 heteroatoms. The second-order valence-corrected chi connectivity index (χ2v) is 3.74. The Bertz CT molecular complexity index is 302. The normalized spacial score (nSPS) is 10.6. The lowest BCUT2D eigenvalue weighted by Gasteiger charge is -1.99. The summed E-state index contributed by atoms with van der Waals surface area (Å²) in [7, 11) is 0. The molecule has 1 N–H and O–H groups in total. The lowest BCUT2D eigenvalue weighted by molar-refractivity contribution is 0.0520. The van der Waals surface area contributed by atoms with Gasteiger partial charge in [-0.05, 0) is 30.9 Å². The molecule has 3 nitrogen and oxygen atoms in total. The van der Waals surface area contributed by atoms with E-state index in [9.17, 15) is 4.79 Å². The van der Waals surface area contributed by atoms with Crippen molar-refractivity contribution >= 4 is 5.97 Å². The van der Waals surface area contributed by atoms with Crippen molar-refractivity contribution in [2.24, 2.45) is 5.92 Å². The molecular weight excluding hydrogens is 178 g/mol. The highest BCUT2D eigenvalue weighted by Gasteiger charge is 2.09. The second-order valence-electron chi connectivity index (χ2n) is 3.74. The largest absolute Gasteiger partial charge is 0.461 e. The van der Waals surface area contributed by atoms with Crippen molar-refractivity contribution in [3.8, 4) is 0 Å². The zero-order valence-electron chi connectivity index (χ0n) is 8.96. The summed E-state index contributed by atoms with van der Waals surface area (Å²) in [5, 5.41) is 0. The van der Waals surface area contributed by atoms with Gasteiger partial charge in [-0.2, -0.15) is 0 Å². The Morgan fingerprint density at radius 2 is 2.29 bits per heavy atom. The number of H-pyrrole nitrogens is 1. The lowest BCUT2D eigenvalue weighted by atomic mass is 10.1. The van der Waals surface area contributed by atoms with Gasteiger partial charge in [-0.1, -0.05) is 13.8 Å². The van der Waals surface area contributed by atoms with E-state index in [-0.39, 0.29) is 5.97 Å². The number of rotatable bonds is 4. The van der Waals surface area contributed by atoms with E-state index >= 15 is 0 Å². The molecule has 0 aromatic carbocycles. The average molecular weight is 195 g/mol. The van der Waals surface area contributed by atoms with E-state index in [2.05, 4.69) is 18.8 Å². The number of hydrogen-bond acceptors (Lipinski definition) is 2. The van der Waals surface area contributed by atoms with E-state index in [1.807, 2.05) is 12.3 Å². The molecule has 14 heavy (non-hydrogen) atoms. The molecule has 0 aliphatic rings. The number of aromatic amines is 1. The Hall–Kier alpha value is -1.25. The molecule has 1 aromatic rings. The predicted molar refractivity (Wildman–Crippen MR) is 55.3 cm³/mol. The smallest absolute Gasteiger partial charge is 0.354 e. The molecule has 0 saturated heterocycles. The van der Waals surface area contributed by atoms with E-state index in [4.69, 9.17) is 4.74 Å². The maximum atomic E-state index is 11.3. The van der Waals surface area contributed by atoms with Crippen LogP contribution in [0.15, 0.2) is 12.3 Å². The minimum absolute atomic E-state index is 0.275. The van der Waals surface area contributed by atoms with E-state index < -0.39 is 0 Å². The first-order valence-electron chi connectivity index (χ1n) is 4.98. The number of aromatic nitrogens is 1. The van der Waals surface area contributed by atoms with Gasteiger partial charge >= 0.3 is 5.97 Å². The maximum Gasteiger partial charge on any atom is 0.354 e. The van der Waals surface area contributed by atoms with Crippen LogP contribution in [0.1, 0.15) is 36.8 Å². The molecule has 0 spiro atoms. The van der Waals surface area contributed by atoms with Crippen LogP contribution < -0.4 is 0 Å². The minimum Gasteiger partial charge on any atom is -0.461 e. The monoisotopic (exact) mass is 195 g/mol. The summed E-state index contributed by atoms with van der Waals surface area (Å²) >= 11 is 0. The number of ether oxygens (including phenoxy) is 1. The fourth-order valence-corrected chi connectivity index (χ4v) is 1.36. The van der Waals surface area contributed by atoms with Crippen molar-refractivity contribution in [1.29, 1.82) is 0 Å². The van der Waals surface area contributed by atoms with Crippen molar-refractivity contribution in [2.75, 3.05) is 6.61 Å². The topological polar surface area (TPSA) is 42.1 Å². The van der Waals surface area contributed by atoms with Crippen molar-refractivity contribution in [3.05, 3.63) is 23.5 Å². The van der Waals surface area contributed by atoms with Gasteiger partial charge in [0, 0.05) is 6.20 Å². The summed E-state index contributed by atoms with van der Waals surface area (Å²) in [6.07, 6.45) is 2.85. The second kappa shape index (κ2) is 4.84. The third-order valence-electron chi connectivity index (χ3n) is 1.88. The summed E-state index contributed by atoms with van der Waals surface area (Å²) in [5.74, 6) is 0.323. The Balaban J connectivity index is 2.63. The molecule has 0 saturated carbocycles. The Labute approximate surface area is 84.5 Å². The van der Waals surface area contributed by atoms with Gasteiger partial charge in [0.15, 0.2) is 0 Å². The van der Waals surface area contributed by atoms with Crippen LogP contribution in [0, 0.1) is 5.92 Å². The van der Waals surface area contributed by atoms with Crippen LogP contribution in [0.5, 0.6) is 0 Å². The van der Waals surface area contributed by atoms with Gasteiger partial charge in [-0.25, -0.2) is 4.79 Å². The Morgan fingerprint density at radius 1 is 1.57 bits per heavy atom. The van der Waals surface area contributed by atoms with Crippen LogP contribution in [0.2, 0.25) is 0 Å². The molecule has 0 fully saturated rings. The van der Waals surface area contributed by atoms with Crippen LogP contribution in [0.25, 0.3) is 0 Å². The van der Waals surface area contributed by atoms with Gasteiger partial charge in [-0.3, -0.25) is 0 Å². The number of hydrogen-bond donors (Lipinski definition) is 1. The number of nitrogens with one attached hydrogen (secondary N) is 1. The van der Waals surface area contributed by atoms with Gasteiger partial charge < -0.3 is 9.72 Å². The number of esters is 1. The molecule has 0 aliphatic heterocycles. The van der Waals surface area contributed by atoms with Crippen LogP contribution in [-0.4, -0.2) is 17.6 Å². The number of carbonyl (C=O) groups excluding carboxylic acids is 1. The molecule has 0 amide bonds. The van der Waals surface area contributed by atoms with Gasteiger partial charge in [0.2, 0.25) is 0 Å². The zero-order valence-corrected chi connectivity index (χ0v) is 8.96. The molecule has 1 aromatic heterocycles. The van der Waals surface area contributed by atoms with Crippen LogP contribution in [-0.2, 0) is 11.2 Å². The Kier molecular flexibility index (Phi) is 3.74. The van der Waals surface area contributed by atoms with Crippen LogP contribution in [0.4, 0.5) is 0 Å². The minimum atomic E-state index is -0.275.